The number of aliphatic hydroxyl groups is 1. The van der Waals surface area contributed by atoms with Gasteiger partial charge in [-0.1, -0.05) is 298 Å². The molecule has 0 bridgehead atoms. The standard InChI is InChI=1S/C68H132O17P2/c1-6-9-12-15-18-19-20-21-22-23-24-25-26-27-28-29-30-33-39-44-49-54-68(73)85-64(58-79-66(71)52-47-42-38-34-31-32-37-40-45-50-61(4)5)60-83-87(76,77)81-56-62(69)55-80-86(74,75)82-59-63(84-67(72)53-48-43-36-17-14-11-8-3)57-78-65(70)51-46-41-35-16-13-10-7-2/h61-64,69H,6-60H2,1-5H3,(H,74,75)(H,76,77)/t62-,63+,64+/m0/s1. The lowest BCUT2D eigenvalue weighted by Crippen LogP contribution is -2.30. The minimum Gasteiger partial charge on any atom is -0.462 e. The molecule has 0 aromatic heterocycles. The van der Waals surface area contributed by atoms with Crippen LogP contribution in [0.2, 0.25) is 0 Å². The zero-order valence-corrected chi connectivity index (χ0v) is 57.9. The largest absolute Gasteiger partial charge is 0.472 e. The number of hydrogen-bond acceptors (Lipinski definition) is 15. The summed E-state index contributed by atoms with van der Waals surface area (Å²) in [7, 11) is -9.88. The van der Waals surface area contributed by atoms with E-state index in [1.807, 2.05) is 0 Å². The lowest BCUT2D eigenvalue weighted by atomic mass is 10.0. The maximum Gasteiger partial charge on any atom is 0.472 e. The highest BCUT2D eigenvalue weighted by Crippen LogP contribution is 2.45. The van der Waals surface area contributed by atoms with E-state index in [0.717, 1.165) is 121 Å². The minimum atomic E-state index is -4.95. The predicted octanol–water partition coefficient (Wildman–Crippen LogP) is 19.4. The molecule has 0 heterocycles. The van der Waals surface area contributed by atoms with Crippen LogP contribution in [0, 0.1) is 5.92 Å². The minimum absolute atomic E-state index is 0.103. The van der Waals surface area contributed by atoms with Crippen molar-refractivity contribution in [2.75, 3.05) is 39.6 Å². The van der Waals surface area contributed by atoms with Crippen LogP contribution in [0.4, 0.5) is 0 Å². The number of rotatable bonds is 68. The number of hydrogen-bond donors (Lipinski definition) is 3. The van der Waals surface area contributed by atoms with Crippen LogP contribution in [0.5, 0.6) is 0 Å². The summed E-state index contributed by atoms with van der Waals surface area (Å²) < 4.78 is 67.9. The summed E-state index contributed by atoms with van der Waals surface area (Å²) in [6.45, 7) is 7.12. The molecule has 0 saturated heterocycles. The van der Waals surface area contributed by atoms with E-state index in [9.17, 15) is 43.2 Å². The molecule has 0 spiro atoms. The molecule has 3 N–H and O–H groups in total. The molecule has 0 saturated carbocycles. The number of phosphoric acid groups is 2. The highest BCUT2D eigenvalue weighted by Gasteiger charge is 2.30. The number of carbonyl (C=O) groups is 4. The molecule has 0 fully saturated rings. The summed E-state index contributed by atoms with van der Waals surface area (Å²) in [4.78, 5) is 72.1. The second-order valence-corrected chi connectivity index (χ2v) is 27.9. The van der Waals surface area contributed by atoms with Gasteiger partial charge < -0.3 is 33.8 Å². The SMILES string of the molecule is CCCCCCCCCCCCCCCCCCCCCCCC(=O)O[C@H](COC(=O)CCCCCCCCCCCC(C)C)COP(=O)(O)OC[C@@H](O)COP(=O)(O)OC[C@@H](COC(=O)CCCCCCCCC)OC(=O)CCCCCCCCC. The molecule has 0 rings (SSSR count). The van der Waals surface area contributed by atoms with Gasteiger partial charge in [-0.15, -0.1) is 0 Å². The molecule has 0 aliphatic rings. The fourth-order valence-electron chi connectivity index (χ4n) is 10.3. The van der Waals surface area contributed by atoms with E-state index < -0.39 is 97.5 Å². The Kier molecular flexibility index (Phi) is 60.2. The van der Waals surface area contributed by atoms with Gasteiger partial charge in [0, 0.05) is 25.7 Å². The maximum absolute atomic E-state index is 13.0. The van der Waals surface area contributed by atoms with E-state index in [4.69, 9.17) is 37.0 Å². The number of esters is 4. The Labute approximate surface area is 530 Å². The van der Waals surface area contributed by atoms with Crippen molar-refractivity contribution in [3.8, 4) is 0 Å². The first-order valence-corrected chi connectivity index (χ1v) is 38.6. The molecular formula is C68H132O17P2. The van der Waals surface area contributed by atoms with E-state index in [1.165, 1.54) is 148 Å². The van der Waals surface area contributed by atoms with Crippen molar-refractivity contribution in [2.24, 2.45) is 5.92 Å². The molecule has 19 heteroatoms. The number of ether oxygens (including phenoxy) is 4. The van der Waals surface area contributed by atoms with E-state index in [-0.39, 0.29) is 25.7 Å². The van der Waals surface area contributed by atoms with E-state index in [2.05, 4.69) is 34.6 Å². The van der Waals surface area contributed by atoms with Gasteiger partial charge in [-0.05, 0) is 31.6 Å². The summed E-state index contributed by atoms with van der Waals surface area (Å²) in [5.41, 5.74) is 0. The van der Waals surface area contributed by atoms with E-state index >= 15 is 0 Å². The smallest absolute Gasteiger partial charge is 0.462 e. The number of unbranched alkanes of at least 4 members (excludes halogenated alkanes) is 40. The Balaban J connectivity index is 5.10. The summed E-state index contributed by atoms with van der Waals surface area (Å²) in [5, 5.41) is 10.5. The van der Waals surface area contributed by atoms with Crippen molar-refractivity contribution >= 4 is 39.5 Å². The van der Waals surface area contributed by atoms with Crippen LogP contribution in [0.25, 0.3) is 0 Å². The van der Waals surface area contributed by atoms with Crippen LogP contribution in [0.3, 0.4) is 0 Å². The topological polar surface area (TPSA) is 237 Å². The summed E-state index contributed by atoms with van der Waals surface area (Å²) in [6, 6.07) is 0. The third-order valence-corrected chi connectivity index (χ3v) is 17.7. The highest BCUT2D eigenvalue weighted by molar-refractivity contribution is 7.47. The zero-order chi connectivity index (χ0) is 64.2. The average Bonchev–Trinajstić information content (AvgIpc) is 3.70. The third-order valence-electron chi connectivity index (χ3n) is 15.8. The van der Waals surface area contributed by atoms with Gasteiger partial charge in [-0.3, -0.25) is 37.3 Å². The molecule has 2 unspecified atom stereocenters. The Hall–Kier alpha value is -1.94. The quantitative estimate of drug-likeness (QED) is 0.0222. The molecule has 17 nitrogen and oxygen atoms in total. The highest BCUT2D eigenvalue weighted by atomic mass is 31.2. The lowest BCUT2D eigenvalue weighted by molar-refractivity contribution is -0.161. The van der Waals surface area contributed by atoms with Gasteiger partial charge in [0.1, 0.15) is 19.3 Å². The van der Waals surface area contributed by atoms with Gasteiger partial charge in [0.25, 0.3) is 0 Å². The van der Waals surface area contributed by atoms with Crippen molar-refractivity contribution < 1.29 is 80.2 Å². The van der Waals surface area contributed by atoms with Crippen LogP contribution in [-0.2, 0) is 65.4 Å². The summed E-state index contributed by atoms with van der Waals surface area (Å²) in [5.74, 6) is -1.39. The van der Waals surface area contributed by atoms with Gasteiger partial charge in [0.15, 0.2) is 12.2 Å². The van der Waals surface area contributed by atoms with Crippen molar-refractivity contribution in [3.05, 3.63) is 0 Å². The fourth-order valence-corrected chi connectivity index (χ4v) is 11.9. The molecule has 0 aliphatic heterocycles. The molecule has 0 aromatic carbocycles. The Bertz CT molecular complexity index is 1690. The van der Waals surface area contributed by atoms with Crippen molar-refractivity contribution in [1.82, 2.24) is 0 Å². The van der Waals surface area contributed by atoms with Gasteiger partial charge in [0.05, 0.1) is 26.4 Å². The maximum atomic E-state index is 13.0. The van der Waals surface area contributed by atoms with Gasteiger partial charge in [0.2, 0.25) is 0 Å². The van der Waals surface area contributed by atoms with E-state index in [0.29, 0.717) is 25.7 Å². The molecule has 0 aromatic rings. The van der Waals surface area contributed by atoms with Crippen LogP contribution < -0.4 is 0 Å². The number of aliphatic hydroxyl groups excluding tert-OH is 1. The molecule has 5 atom stereocenters. The summed E-state index contributed by atoms with van der Waals surface area (Å²) in [6.07, 6.45) is 47.7. The summed E-state index contributed by atoms with van der Waals surface area (Å²) >= 11 is 0. The second-order valence-electron chi connectivity index (χ2n) is 25.0. The Morgan fingerprint density at radius 1 is 0.310 bits per heavy atom. The third kappa shape index (κ3) is 62.6. The zero-order valence-electron chi connectivity index (χ0n) is 56.2. The van der Waals surface area contributed by atoms with Crippen LogP contribution in [0.15, 0.2) is 0 Å². The first-order chi connectivity index (χ1) is 42.0. The molecule has 516 valence electrons. The Morgan fingerprint density at radius 3 is 0.782 bits per heavy atom. The van der Waals surface area contributed by atoms with Gasteiger partial charge >= 0.3 is 39.5 Å². The normalized spacial score (nSPS) is 14.1. The lowest BCUT2D eigenvalue weighted by Gasteiger charge is -2.21. The molecule has 0 radical (unpaired) electrons. The fraction of sp³-hybridized carbons (Fsp3) is 0.941. The first-order valence-electron chi connectivity index (χ1n) is 35.6. The van der Waals surface area contributed by atoms with Crippen molar-refractivity contribution in [3.63, 3.8) is 0 Å². The average molecular weight is 1280 g/mol. The number of carbonyl (C=O) groups excluding carboxylic acids is 4. The van der Waals surface area contributed by atoms with Crippen molar-refractivity contribution in [1.29, 1.82) is 0 Å². The van der Waals surface area contributed by atoms with Crippen LogP contribution in [0.1, 0.15) is 349 Å². The van der Waals surface area contributed by atoms with Crippen LogP contribution >= 0.6 is 15.6 Å². The molecular weight excluding hydrogens is 1150 g/mol. The first kappa shape index (κ1) is 85.1. The van der Waals surface area contributed by atoms with E-state index in [1.54, 1.807) is 0 Å². The molecule has 87 heavy (non-hydrogen) atoms. The predicted molar refractivity (Wildman–Crippen MR) is 349 cm³/mol. The van der Waals surface area contributed by atoms with Gasteiger partial charge in [-0.25, -0.2) is 9.13 Å². The second kappa shape index (κ2) is 61.6. The molecule has 0 amide bonds. The van der Waals surface area contributed by atoms with Crippen molar-refractivity contribution in [2.45, 2.75) is 368 Å². The Morgan fingerprint density at radius 2 is 0.529 bits per heavy atom. The van der Waals surface area contributed by atoms with Gasteiger partial charge in [-0.2, -0.15) is 0 Å². The van der Waals surface area contributed by atoms with Crippen LogP contribution in [-0.4, -0.2) is 96.7 Å². The number of phosphoric ester groups is 2. The molecule has 0 aliphatic carbocycles. The monoisotopic (exact) mass is 1280 g/mol.